The highest BCUT2D eigenvalue weighted by Gasteiger charge is 2.15. The van der Waals surface area contributed by atoms with Gasteiger partial charge in [-0.3, -0.25) is 0 Å². The number of carboxylic acid groups (broad SMARTS) is 1. The SMILES string of the molecule is COc1cccc(-c2cccc(C(=O)O)c2OC)c1. The summed E-state index contributed by atoms with van der Waals surface area (Å²) in [5.74, 6) is 0.0464. The fraction of sp³-hybridized carbons (Fsp3) is 0.133. The first-order chi connectivity index (χ1) is 9.17. The second-order valence-electron chi connectivity index (χ2n) is 3.92. The third kappa shape index (κ3) is 2.52. The normalized spacial score (nSPS) is 10.0. The molecule has 0 unspecified atom stereocenters. The van der Waals surface area contributed by atoms with Crippen molar-refractivity contribution in [3.63, 3.8) is 0 Å². The highest BCUT2D eigenvalue weighted by molar-refractivity contribution is 5.94. The zero-order valence-electron chi connectivity index (χ0n) is 10.7. The lowest BCUT2D eigenvalue weighted by molar-refractivity contribution is 0.0693. The Morgan fingerprint density at radius 3 is 2.42 bits per heavy atom. The van der Waals surface area contributed by atoms with Crippen LogP contribution in [0, 0.1) is 0 Å². The van der Waals surface area contributed by atoms with Crippen LogP contribution in [0.15, 0.2) is 42.5 Å². The van der Waals surface area contributed by atoms with Crippen molar-refractivity contribution in [1.82, 2.24) is 0 Å². The predicted octanol–water partition coefficient (Wildman–Crippen LogP) is 3.07. The van der Waals surface area contributed by atoms with Gasteiger partial charge in [0.05, 0.1) is 14.2 Å². The topological polar surface area (TPSA) is 55.8 Å². The van der Waals surface area contributed by atoms with Crippen LogP contribution in [0.4, 0.5) is 0 Å². The van der Waals surface area contributed by atoms with Gasteiger partial charge >= 0.3 is 5.97 Å². The molecule has 0 aliphatic carbocycles. The van der Waals surface area contributed by atoms with Gasteiger partial charge in [0.15, 0.2) is 0 Å². The maximum absolute atomic E-state index is 11.2. The van der Waals surface area contributed by atoms with E-state index in [9.17, 15) is 4.79 Å². The summed E-state index contributed by atoms with van der Waals surface area (Å²) in [4.78, 5) is 11.2. The fourth-order valence-electron chi connectivity index (χ4n) is 1.94. The van der Waals surface area contributed by atoms with Crippen molar-refractivity contribution in [2.24, 2.45) is 0 Å². The molecule has 0 saturated carbocycles. The minimum absolute atomic E-state index is 0.141. The molecule has 0 saturated heterocycles. The van der Waals surface area contributed by atoms with Crippen molar-refractivity contribution < 1.29 is 19.4 Å². The minimum Gasteiger partial charge on any atom is -0.497 e. The van der Waals surface area contributed by atoms with E-state index < -0.39 is 5.97 Å². The predicted molar refractivity (Wildman–Crippen MR) is 71.9 cm³/mol. The maximum atomic E-state index is 11.2. The number of ether oxygens (including phenoxy) is 2. The number of aromatic carboxylic acids is 1. The van der Waals surface area contributed by atoms with E-state index in [1.165, 1.54) is 13.2 Å². The number of hydrogen-bond acceptors (Lipinski definition) is 3. The van der Waals surface area contributed by atoms with Crippen molar-refractivity contribution in [3.05, 3.63) is 48.0 Å². The molecule has 0 aliphatic rings. The minimum atomic E-state index is -1.01. The van der Waals surface area contributed by atoms with Crippen LogP contribution >= 0.6 is 0 Å². The summed E-state index contributed by atoms with van der Waals surface area (Å²) < 4.78 is 10.4. The molecule has 0 fully saturated rings. The van der Waals surface area contributed by atoms with Crippen molar-refractivity contribution in [1.29, 1.82) is 0 Å². The van der Waals surface area contributed by atoms with Gasteiger partial charge in [0, 0.05) is 5.56 Å². The van der Waals surface area contributed by atoms with Gasteiger partial charge in [-0.05, 0) is 23.8 Å². The Morgan fingerprint density at radius 2 is 1.79 bits per heavy atom. The molecule has 19 heavy (non-hydrogen) atoms. The summed E-state index contributed by atoms with van der Waals surface area (Å²) in [5, 5.41) is 9.16. The van der Waals surface area contributed by atoms with E-state index in [4.69, 9.17) is 14.6 Å². The zero-order valence-corrected chi connectivity index (χ0v) is 10.7. The van der Waals surface area contributed by atoms with E-state index in [0.717, 1.165) is 11.1 Å². The quantitative estimate of drug-likeness (QED) is 0.915. The molecule has 0 aromatic heterocycles. The summed E-state index contributed by atoms with van der Waals surface area (Å²) in [6.07, 6.45) is 0. The number of methoxy groups -OCH3 is 2. The molecular weight excluding hydrogens is 244 g/mol. The molecule has 4 heteroatoms. The van der Waals surface area contributed by atoms with Gasteiger partial charge in [0.2, 0.25) is 0 Å². The van der Waals surface area contributed by atoms with Crippen molar-refractivity contribution in [3.8, 4) is 22.6 Å². The van der Waals surface area contributed by atoms with E-state index in [1.807, 2.05) is 30.3 Å². The lowest BCUT2D eigenvalue weighted by atomic mass is 10.0. The summed E-state index contributed by atoms with van der Waals surface area (Å²) in [6.45, 7) is 0. The monoisotopic (exact) mass is 258 g/mol. The van der Waals surface area contributed by atoms with Gasteiger partial charge in [0.1, 0.15) is 17.1 Å². The molecule has 0 bridgehead atoms. The van der Waals surface area contributed by atoms with Crippen LogP contribution in [0.3, 0.4) is 0 Å². The first kappa shape index (κ1) is 13.0. The summed E-state index contributed by atoms with van der Waals surface area (Å²) in [7, 11) is 3.05. The van der Waals surface area contributed by atoms with Crippen molar-refractivity contribution in [2.45, 2.75) is 0 Å². The van der Waals surface area contributed by atoms with Crippen LogP contribution < -0.4 is 9.47 Å². The summed E-state index contributed by atoms with van der Waals surface area (Å²) in [6, 6.07) is 12.4. The molecule has 2 rings (SSSR count). The zero-order chi connectivity index (χ0) is 13.8. The molecule has 0 heterocycles. The van der Waals surface area contributed by atoms with Crippen LogP contribution in [-0.4, -0.2) is 25.3 Å². The maximum Gasteiger partial charge on any atom is 0.339 e. The Hall–Kier alpha value is -2.49. The first-order valence-electron chi connectivity index (χ1n) is 5.72. The fourth-order valence-corrected chi connectivity index (χ4v) is 1.94. The Morgan fingerprint density at radius 1 is 1.05 bits per heavy atom. The molecule has 1 N–H and O–H groups in total. The van der Waals surface area contributed by atoms with Crippen LogP contribution in [0.25, 0.3) is 11.1 Å². The van der Waals surface area contributed by atoms with Crippen LogP contribution in [0.1, 0.15) is 10.4 Å². The smallest absolute Gasteiger partial charge is 0.339 e. The number of hydrogen-bond donors (Lipinski definition) is 1. The molecular formula is C15H14O4. The largest absolute Gasteiger partial charge is 0.497 e. The van der Waals surface area contributed by atoms with E-state index in [0.29, 0.717) is 11.5 Å². The third-order valence-corrected chi connectivity index (χ3v) is 2.83. The van der Waals surface area contributed by atoms with Crippen LogP contribution in [0.2, 0.25) is 0 Å². The highest BCUT2D eigenvalue weighted by Crippen LogP contribution is 2.34. The van der Waals surface area contributed by atoms with E-state index >= 15 is 0 Å². The average Bonchev–Trinajstić information content (AvgIpc) is 2.46. The van der Waals surface area contributed by atoms with E-state index in [1.54, 1.807) is 13.2 Å². The number of para-hydroxylation sites is 1. The Bertz CT molecular complexity index is 605. The lowest BCUT2D eigenvalue weighted by Crippen LogP contribution is -2.01. The van der Waals surface area contributed by atoms with Crippen LogP contribution in [0.5, 0.6) is 11.5 Å². The average molecular weight is 258 g/mol. The second kappa shape index (κ2) is 5.44. The van der Waals surface area contributed by atoms with Crippen LogP contribution in [-0.2, 0) is 0 Å². The molecule has 2 aromatic rings. The number of benzene rings is 2. The Labute approximate surface area is 111 Å². The molecule has 98 valence electrons. The second-order valence-corrected chi connectivity index (χ2v) is 3.92. The Kier molecular flexibility index (Phi) is 3.71. The molecule has 0 radical (unpaired) electrons. The standard InChI is InChI=1S/C15H14O4/c1-18-11-6-3-5-10(9-11)12-7-4-8-13(15(16)17)14(12)19-2/h3-9H,1-2H3,(H,16,17). The molecule has 0 amide bonds. The first-order valence-corrected chi connectivity index (χ1v) is 5.72. The molecule has 4 nitrogen and oxygen atoms in total. The third-order valence-electron chi connectivity index (χ3n) is 2.83. The Balaban J connectivity index is 2.61. The number of carboxylic acids is 1. The van der Waals surface area contributed by atoms with Gasteiger partial charge in [-0.15, -0.1) is 0 Å². The molecule has 0 atom stereocenters. The van der Waals surface area contributed by atoms with E-state index in [2.05, 4.69) is 0 Å². The summed E-state index contributed by atoms with van der Waals surface area (Å²) in [5.41, 5.74) is 1.71. The molecule has 2 aromatic carbocycles. The number of rotatable bonds is 4. The molecule has 0 aliphatic heterocycles. The van der Waals surface area contributed by atoms with Gasteiger partial charge in [-0.1, -0.05) is 24.3 Å². The lowest BCUT2D eigenvalue weighted by Gasteiger charge is -2.12. The van der Waals surface area contributed by atoms with Gasteiger partial charge in [0.25, 0.3) is 0 Å². The molecule has 0 spiro atoms. The number of carbonyl (C=O) groups is 1. The summed E-state index contributed by atoms with van der Waals surface area (Å²) >= 11 is 0. The van der Waals surface area contributed by atoms with Crippen molar-refractivity contribution in [2.75, 3.05) is 14.2 Å². The van der Waals surface area contributed by atoms with Gasteiger partial charge in [-0.2, -0.15) is 0 Å². The van der Waals surface area contributed by atoms with Gasteiger partial charge in [-0.25, -0.2) is 4.79 Å². The van der Waals surface area contributed by atoms with E-state index in [-0.39, 0.29) is 5.56 Å². The van der Waals surface area contributed by atoms with Crippen molar-refractivity contribution >= 4 is 5.97 Å². The highest BCUT2D eigenvalue weighted by atomic mass is 16.5. The van der Waals surface area contributed by atoms with Gasteiger partial charge < -0.3 is 14.6 Å².